The van der Waals surface area contributed by atoms with E-state index in [0.29, 0.717) is 34.4 Å². The molecule has 3 atom stereocenters. The molecule has 0 aliphatic carbocycles. The van der Waals surface area contributed by atoms with E-state index in [9.17, 15) is 18.3 Å². The largest absolute Gasteiger partial charge is 0.451 e. The van der Waals surface area contributed by atoms with Gasteiger partial charge in [0.25, 0.3) is 0 Å². The van der Waals surface area contributed by atoms with Crippen molar-refractivity contribution in [2.24, 2.45) is 0 Å². The molecule has 2 N–H and O–H groups in total. The number of rotatable bonds is 1. The van der Waals surface area contributed by atoms with Crippen molar-refractivity contribution >= 4 is 33.5 Å². The molecule has 1 aliphatic heterocycles. The standard InChI is InChI=1S/C18H18ClF3N4O/c1-9-2-4-13(15(27)8-23-9)26-12-5-3-10(19)6-11(12)16-14(26)7-24-17(25-16)18(20,21)22/h3,5-7,9,13,15,23,27H,2,4,8H2,1H3/t9?,13?,15-/m1/s1. The smallest absolute Gasteiger partial charge is 0.390 e. The number of benzene rings is 1. The van der Waals surface area contributed by atoms with Crippen LogP contribution in [0.2, 0.25) is 5.02 Å². The van der Waals surface area contributed by atoms with Crippen molar-refractivity contribution in [2.45, 2.75) is 44.1 Å². The molecule has 0 spiro atoms. The number of hydrogen-bond donors (Lipinski definition) is 2. The monoisotopic (exact) mass is 398 g/mol. The van der Waals surface area contributed by atoms with Crippen LogP contribution in [-0.2, 0) is 6.18 Å². The Hall–Kier alpha value is -1.90. The predicted octanol–water partition coefficient (Wildman–Crippen LogP) is 3.93. The van der Waals surface area contributed by atoms with Gasteiger partial charge in [-0.25, -0.2) is 9.97 Å². The molecule has 144 valence electrons. The quantitative estimate of drug-likeness (QED) is 0.652. The normalized spacial score (nSPS) is 24.4. The maximum absolute atomic E-state index is 13.1. The summed E-state index contributed by atoms with van der Waals surface area (Å²) in [5, 5.41) is 14.8. The lowest BCUT2D eigenvalue weighted by Crippen LogP contribution is -2.33. The van der Waals surface area contributed by atoms with Crippen LogP contribution in [0.1, 0.15) is 31.6 Å². The molecule has 27 heavy (non-hydrogen) atoms. The number of aliphatic hydroxyl groups is 1. The Kier molecular flexibility index (Phi) is 4.52. The number of nitrogens with zero attached hydrogens (tertiary/aromatic N) is 3. The average Bonchev–Trinajstić information content (AvgIpc) is 2.82. The van der Waals surface area contributed by atoms with Gasteiger partial charge in [-0.3, -0.25) is 0 Å². The van der Waals surface area contributed by atoms with Crippen LogP contribution in [0.5, 0.6) is 0 Å². The summed E-state index contributed by atoms with van der Waals surface area (Å²) in [5.41, 5.74) is 1.33. The van der Waals surface area contributed by atoms with Crippen LogP contribution in [0.25, 0.3) is 21.9 Å². The van der Waals surface area contributed by atoms with Gasteiger partial charge in [-0.05, 0) is 38.0 Å². The highest BCUT2D eigenvalue weighted by atomic mass is 35.5. The molecule has 1 fully saturated rings. The molecule has 4 rings (SSSR count). The van der Waals surface area contributed by atoms with E-state index in [0.717, 1.165) is 6.42 Å². The van der Waals surface area contributed by atoms with Gasteiger partial charge in [0.2, 0.25) is 5.82 Å². The van der Waals surface area contributed by atoms with E-state index in [1.54, 1.807) is 18.2 Å². The average molecular weight is 399 g/mol. The molecule has 1 aromatic carbocycles. The number of aliphatic hydroxyl groups excluding tert-OH is 1. The Bertz CT molecular complexity index is 1000. The van der Waals surface area contributed by atoms with Gasteiger partial charge >= 0.3 is 6.18 Å². The summed E-state index contributed by atoms with van der Waals surface area (Å²) in [6, 6.07) is 4.99. The van der Waals surface area contributed by atoms with Crippen molar-refractivity contribution in [3.8, 4) is 0 Å². The number of fused-ring (bicyclic) bond motifs is 3. The summed E-state index contributed by atoms with van der Waals surface area (Å²) in [5.74, 6) is -1.19. The van der Waals surface area contributed by atoms with Gasteiger partial charge < -0.3 is 15.0 Å². The number of nitrogens with one attached hydrogen (secondary N) is 1. The summed E-state index contributed by atoms with van der Waals surface area (Å²) in [4.78, 5) is 7.31. The molecule has 0 radical (unpaired) electrons. The van der Waals surface area contributed by atoms with Crippen LogP contribution < -0.4 is 5.32 Å². The van der Waals surface area contributed by atoms with E-state index in [-0.39, 0.29) is 17.6 Å². The maximum atomic E-state index is 13.1. The minimum Gasteiger partial charge on any atom is -0.390 e. The fraction of sp³-hybridized carbons (Fsp3) is 0.444. The first kappa shape index (κ1) is 18.5. The first-order valence-electron chi connectivity index (χ1n) is 8.70. The van der Waals surface area contributed by atoms with Crippen molar-refractivity contribution in [1.82, 2.24) is 19.9 Å². The summed E-state index contributed by atoms with van der Waals surface area (Å²) in [7, 11) is 0. The molecular formula is C18H18ClF3N4O. The zero-order valence-corrected chi connectivity index (χ0v) is 15.2. The molecule has 0 amide bonds. The molecule has 9 heteroatoms. The van der Waals surface area contributed by atoms with E-state index >= 15 is 0 Å². The Labute approximate surface area is 158 Å². The van der Waals surface area contributed by atoms with Crippen LogP contribution in [0.4, 0.5) is 13.2 Å². The minimum atomic E-state index is -4.64. The number of β-amino-alcohol motifs (C(OH)–C–C–N with tert-alkyl or cyclic N) is 1. The third-order valence-electron chi connectivity index (χ3n) is 5.10. The van der Waals surface area contributed by atoms with Crippen molar-refractivity contribution in [3.63, 3.8) is 0 Å². The van der Waals surface area contributed by atoms with Gasteiger partial charge in [-0.2, -0.15) is 13.2 Å². The van der Waals surface area contributed by atoms with Gasteiger partial charge in [-0.1, -0.05) is 11.6 Å². The van der Waals surface area contributed by atoms with E-state index in [4.69, 9.17) is 11.6 Å². The first-order valence-corrected chi connectivity index (χ1v) is 9.08. The van der Waals surface area contributed by atoms with E-state index in [2.05, 4.69) is 15.3 Å². The lowest BCUT2D eigenvalue weighted by molar-refractivity contribution is -0.144. The molecule has 3 heterocycles. The second-order valence-electron chi connectivity index (χ2n) is 6.98. The van der Waals surface area contributed by atoms with Crippen molar-refractivity contribution in [3.05, 3.63) is 35.2 Å². The van der Waals surface area contributed by atoms with Crippen LogP contribution in [0.3, 0.4) is 0 Å². The molecule has 1 aliphatic rings. The van der Waals surface area contributed by atoms with Gasteiger partial charge in [-0.15, -0.1) is 0 Å². The van der Waals surface area contributed by atoms with Crippen molar-refractivity contribution in [2.75, 3.05) is 6.54 Å². The molecule has 0 bridgehead atoms. The van der Waals surface area contributed by atoms with Gasteiger partial charge in [0.1, 0.15) is 5.52 Å². The Morgan fingerprint density at radius 1 is 1.26 bits per heavy atom. The number of aromatic nitrogens is 3. The Balaban J connectivity index is 1.98. The minimum absolute atomic E-state index is 0.187. The van der Waals surface area contributed by atoms with E-state index < -0.39 is 18.1 Å². The highest BCUT2D eigenvalue weighted by molar-refractivity contribution is 6.31. The maximum Gasteiger partial charge on any atom is 0.451 e. The SMILES string of the molecule is CC1CCC(n2c3ccc(Cl)cc3c3nc(C(F)(F)F)ncc32)[C@H](O)CN1. The number of alkyl halides is 3. The molecule has 0 saturated carbocycles. The van der Waals surface area contributed by atoms with Crippen molar-refractivity contribution in [1.29, 1.82) is 0 Å². The highest BCUT2D eigenvalue weighted by Gasteiger charge is 2.36. The van der Waals surface area contributed by atoms with Gasteiger partial charge in [0.15, 0.2) is 0 Å². The molecule has 2 aromatic heterocycles. The molecule has 2 unspecified atom stereocenters. The lowest BCUT2D eigenvalue weighted by Gasteiger charge is -2.24. The first-order chi connectivity index (χ1) is 12.8. The second-order valence-corrected chi connectivity index (χ2v) is 7.41. The summed E-state index contributed by atoms with van der Waals surface area (Å²) >= 11 is 6.08. The molecule has 3 aromatic rings. The lowest BCUT2D eigenvalue weighted by atomic mass is 10.0. The van der Waals surface area contributed by atoms with Crippen LogP contribution in [0, 0.1) is 0 Å². The topological polar surface area (TPSA) is 63.0 Å². The number of halogens is 4. The Morgan fingerprint density at radius 3 is 2.78 bits per heavy atom. The predicted molar refractivity (Wildman–Crippen MR) is 96.8 cm³/mol. The summed E-state index contributed by atoms with van der Waals surface area (Å²) in [6.07, 6.45) is -2.63. The zero-order chi connectivity index (χ0) is 19.3. The van der Waals surface area contributed by atoms with Crippen molar-refractivity contribution < 1.29 is 18.3 Å². The fourth-order valence-corrected chi connectivity index (χ4v) is 3.93. The van der Waals surface area contributed by atoms with Crippen LogP contribution in [-0.4, -0.2) is 38.3 Å². The van der Waals surface area contributed by atoms with Gasteiger partial charge in [0.05, 0.1) is 29.4 Å². The Morgan fingerprint density at radius 2 is 2.04 bits per heavy atom. The third-order valence-corrected chi connectivity index (χ3v) is 5.34. The number of hydrogen-bond acceptors (Lipinski definition) is 4. The summed E-state index contributed by atoms with van der Waals surface area (Å²) in [6.45, 7) is 2.45. The summed E-state index contributed by atoms with van der Waals surface area (Å²) < 4.78 is 41.2. The molecular weight excluding hydrogens is 381 g/mol. The van der Waals surface area contributed by atoms with Gasteiger partial charge in [0, 0.05) is 23.0 Å². The molecule has 5 nitrogen and oxygen atoms in total. The second kappa shape index (κ2) is 6.61. The zero-order valence-electron chi connectivity index (χ0n) is 14.5. The molecule has 1 saturated heterocycles. The highest BCUT2D eigenvalue weighted by Crippen LogP contribution is 2.37. The van der Waals surface area contributed by atoms with E-state index in [1.165, 1.54) is 6.20 Å². The van der Waals surface area contributed by atoms with Crippen LogP contribution in [0.15, 0.2) is 24.4 Å². The van der Waals surface area contributed by atoms with E-state index in [1.807, 2.05) is 11.5 Å². The third kappa shape index (κ3) is 3.26. The van der Waals surface area contributed by atoms with Crippen LogP contribution >= 0.6 is 11.6 Å². The fourth-order valence-electron chi connectivity index (χ4n) is 3.76.